The maximum Gasteiger partial charge on any atom is 0.408 e. The number of alkyl carbamates (subject to hydrolysis) is 1. The number of hydrogen-bond donors (Lipinski definition) is 3. The predicted molar refractivity (Wildman–Crippen MR) is 136 cm³/mol. The normalized spacial score (nSPS) is 19.2. The van der Waals surface area contributed by atoms with Crippen LogP contribution in [-0.4, -0.2) is 51.6 Å². The van der Waals surface area contributed by atoms with E-state index in [1.807, 2.05) is 34.6 Å². The van der Waals surface area contributed by atoms with Crippen molar-refractivity contribution in [2.75, 3.05) is 0 Å². The van der Waals surface area contributed by atoms with E-state index in [9.17, 15) is 19.5 Å². The molecule has 1 aliphatic carbocycles. The van der Waals surface area contributed by atoms with Gasteiger partial charge in [0.15, 0.2) is 0 Å². The maximum atomic E-state index is 14.1. The molecule has 3 N–H and O–H groups in total. The van der Waals surface area contributed by atoms with Gasteiger partial charge in [0.1, 0.15) is 23.4 Å². The summed E-state index contributed by atoms with van der Waals surface area (Å²) in [7, 11) is 0. The van der Waals surface area contributed by atoms with Gasteiger partial charge in [0.05, 0.1) is 0 Å². The van der Waals surface area contributed by atoms with Crippen LogP contribution in [0.3, 0.4) is 0 Å². The van der Waals surface area contributed by atoms with Crippen molar-refractivity contribution < 1.29 is 24.2 Å². The minimum Gasteiger partial charge on any atom is -0.508 e. The molecule has 196 valence electrons. The molecule has 1 aromatic carbocycles. The Hall–Kier alpha value is -2.77. The monoisotopic (exact) mass is 489 g/mol. The summed E-state index contributed by atoms with van der Waals surface area (Å²) < 4.78 is 5.42. The zero-order valence-corrected chi connectivity index (χ0v) is 22.6. The molecule has 0 radical (unpaired) electrons. The largest absolute Gasteiger partial charge is 0.508 e. The van der Waals surface area contributed by atoms with Crippen LogP contribution in [0.5, 0.6) is 5.75 Å². The average molecular weight is 490 g/mol. The molecule has 35 heavy (non-hydrogen) atoms. The van der Waals surface area contributed by atoms with Crippen molar-refractivity contribution >= 4 is 17.9 Å². The van der Waals surface area contributed by atoms with Gasteiger partial charge in [0.25, 0.3) is 0 Å². The lowest BCUT2D eigenvalue weighted by Crippen LogP contribution is -2.54. The Kier molecular flexibility index (Phi) is 9.20. The van der Waals surface area contributed by atoms with Crippen LogP contribution in [0.15, 0.2) is 18.2 Å². The number of carbonyl (C=O) groups excluding carboxylic acids is 3. The van der Waals surface area contributed by atoms with Crippen LogP contribution in [0, 0.1) is 18.8 Å². The molecule has 1 aromatic rings. The van der Waals surface area contributed by atoms with Crippen molar-refractivity contribution in [1.29, 1.82) is 0 Å². The Morgan fingerprint density at radius 2 is 1.74 bits per heavy atom. The first kappa shape index (κ1) is 28.5. The molecule has 8 heteroatoms. The molecule has 0 spiro atoms. The summed E-state index contributed by atoms with van der Waals surface area (Å²) in [5.41, 5.74) is 0.530. The van der Waals surface area contributed by atoms with Crippen LogP contribution in [0.4, 0.5) is 4.79 Å². The van der Waals surface area contributed by atoms with E-state index in [0.29, 0.717) is 17.5 Å². The number of nitrogens with zero attached hydrogens (tertiary/aromatic N) is 1. The Bertz CT molecular complexity index is 922. The lowest BCUT2D eigenvalue weighted by atomic mass is 9.97. The highest BCUT2D eigenvalue weighted by Crippen LogP contribution is 2.41. The highest BCUT2D eigenvalue weighted by atomic mass is 16.6. The van der Waals surface area contributed by atoms with Crippen LogP contribution >= 0.6 is 0 Å². The third-order valence-electron chi connectivity index (χ3n) is 5.87. The fourth-order valence-electron chi connectivity index (χ4n) is 4.15. The highest BCUT2D eigenvalue weighted by Gasteiger charge is 2.48. The Balaban J connectivity index is 2.51. The van der Waals surface area contributed by atoms with Gasteiger partial charge in [-0.15, -0.1) is 0 Å². The number of amides is 3. The first-order valence-electron chi connectivity index (χ1n) is 12.5. The molecule has 0 aliphatic heterocycles. The summed E-state index contributed by atoms with van der Waals surface area (Å²) in [6.07, 6.45) is 0.515. The summed E-state index contributed by atoms with van der Waals surface area (Å²) in [6.45, 7) is 16.8. The zero-order chi connectivity index (χ0) is 26.7. The smallest absolute Gasteiger partial charge is 0.408 e. The lowest BCUT2D eigenvalue weighted by molar-refractivity contribution is -0.144. The SMILES string of the molecule is Cc1cc(C(C(=O)NC(C)C)N(C(=O)C(CC(C)C)NC(=O)OC(C)(C)C)C2CC2C)ccc1O. The molecule has 1 saturated carbocycles. The van der Waals surface area contributed by atoms with Crippen molar-refractivity contribution in [1.82, 2.24) is 15.5 Å². The summed E-state index contributed by atoms with van der Waals surface area (Å²) in [5, 5.41) is 15.8. The van der Waals surface area contributed by atoms with E-state index in [1.165, 1.54) is 0 Å². The van der Waals surface area contributed by atoms with Gasteiger partial charge in [-0.1, -0.05) is 26.8 Å². The fraction of sp³-hybridized carbons (Fsp3) is 0.667. The second-order valence-electron chi connectivity index (χ2n) is 11.5. The maximum absolute atomic E-state index is 14.1. The van der Waals surface area contributed by atoms with Gasteiger partial charge in [-0.05, 0) is 89.5 Å². The minimum absolute atomic E-state index is 0.122. The lowest BCUT2D eigenvalue weighted by Gasteiger charge is -2.36. The Labute approximate surface area is 209 Å². The van der Waals surface area contributed by atoms with Crippen molar-refractivity contribution in [3.8, 4) is 5.75 Å². The van der Waals surface area contributed by atoms with Crippen LogP contribution in [0.1, 0.15) is 85.4 Å². The molecule has 0 bridgehead atoms. The van der Waals surface area contributed by atoms with Crippen molar-refractivity contribution in [3.05, 3.63) is 29.3 Å². The van der Waals surface area contributed by atoms with Gasteiger partial charge in [-0.3, -0.25) is 9.59 Å². The van der Waals surface area contributed by atoms with Gasteiger partial charge >= 0.3 is 6.09 Å². The number of phenolic OH excluding ortho intramolecular Hbond substituents is 1. The van der Waals surface area contributed by atoms with E-state index in [-0.39, 0.29) is 41.5 Å². The van der Waals surface area contributed by atoms with Crippen LogP contribution < -0.4 is 10.6 Å². The first-order valence-corrected chi connectivity index (χ1v) is 12.5. The molecular weight excluding hydrogens is 446 g/mol. The molecule has 4 unspecified atom stereocenters. The highest BCUT2D eigenvalue weighted by molar-refractivity contribution is 5.92. The van der Waals surface area contributed by atoms with Gasteiger partial charge < -0.3 is 25.4 Å². The molecule has 2 rings (SSSR count). The quantitative estimate of drug-likeness (QED) is 0.475. The van der Waals surface area contributed by atoms with Gasteiger partial charge in [0, 0.05) is 12.1 Å². The topological polar surface area (TPSA) is 108 Å². The molecule has 8 nitrogen and oxygen atoms in total. The predicted octanol–water partition coefficient (Wildman–Crippen LogP) is 4.44. The van der Waals surface area contributed by atoms with Gasteiger partial charge in [-0.2, -0.15) is 0 Å². The Morgan fingerprint density at radius 1 is 1.14 bits per heavy atom. The van der Waals surface area contributed by atoms with Crippen molar-refractivity contribution in [3.63, 3.8) is 0 Å². The summed E-state index contributed by atoms with van der Waals surface area (Å²) in [6, 6.07) is 2.98. The molecule has 4 atom stereocenters. The van der Waals surface area contributed by atoms with E-state index in [1.54, 1.807) is 50.8 Å². The standard InChI is InChI=1S/C27H43N3O5/c1-15(2)12-20(29-26(34)35-27(7,8)9)25(33)30(21-14-17(21)5)23(24(32)28-16(3)4)19-10-11-22(31)18(6)13-19/h10-11,13,15-17,20-21,23,31H,12,14H2,1-9H3,(H,28,32)(H,29,34). The Morgan fingerprint density at radius 3 is 2.20 bits per heavy atom. The molecule has 3 amide bonds. The van der Waals surface area contributed by atoms with Crippen LogP contribution in [-0.2, 0) is 14.3 Å². The third-order valence-corrected chi connectivity index (χ3v) is 5.87. The molecule has 0 saturated heterocycles. The molecule has 1 fully saturated rings. The summed E-state index contributed by atoms with van der Waals surface area (Å²) >= 11 is 0. The third kappa shape index (κ3) is 8.15. The summed E-state index contributed by atoms with van der Waals surface area (Å²) in [4.78, 5) is 41.9. The second kappa shape index (κ2) is 11.3. The van der Waals surface area contributed by atoms with Gasteiger partial charge in [0.2, 0.25) is 11.8 Å². The van der Waals surface area contributed by atoms with E-state index < -0.39 is 23.8 Å². The second-order valence-corrected chi connectivity index (χ2v) is 11.5. The molecular formula is C27H43N3O5. The fourth-order valence-corrected chi connectivity index (χ4v) is 4.15. The minimum atomic E-state index is -0.894. The number of nitrogens with one attached hydrogen (secondary N) is 2. The van der Waals surface area contributed by atoms with E-state index >= 15 is 0 Å². The van der Waals surface area contributed by atoms with E-state index in [0.717, 1.165) is 6.42 Å². The number of benzene rings is 1. The average Bonchev–Trinajstić information content (AvgIpc) is 3.40. The van der Waals surface area contributed by atoms with E-state index in [2.05, 4.69) is 10.6 Å². The number of carbonyl (C=O) groups is 3. The zero-order valence-electron chi connectivity index (χ0n) is 22.6. The molecule has 1 aliphatic rings. The molecule has 0 heterocycles. The summed E-state index contributed by atoms with van der Waals surface area (Å²) in [5.74, 6) is -0.130. The van der Waals surface area contributed by atoms with Crippen molar-refractivity contribution in [2.45, 2.75) is 105 Å². The number of phenols is 1. The number of hydrogen-bond acceptors (Lipinski definition) is 5. The number of ether oxygens (including phenoxy) is 1. The van der Waals surface area contributed by atoms with Crippen molar-refractivity contribution in [2.24, 2.45) is 11.8 Å². The van der Waals surface area contributed by atoms with E-state index in [4.69, 9.17) is 4.74 Å². The van der Waals surface area contributed by atoms with Gasteiger partial charge in [-0.25, -0.2) is 4.79 Å². The number of aromatic hydroxyl groups is 1. The molecule has 0 aromatic heterocycles. The number of rotatable bonds is 9. The van der Waals surface area contributed by atoms with Crippen LogP contribution in [0.25, 0.3) is 0 Å². The van der Waals surface area contributed by atoms with Crippen LogP contribution in [0.2, 0.25) is 0 Å². The first-order chi connectivity index (χ1) is 16.1. The number of aryl methyl sites for hydroxylation is 1.